The molecule has 0 saturated heterocycles. The first-order valence-corrected chi connectivity index (χ1v) is 13.4. The van der Waals surface area contributed by atoms with Gasteiger partial charge in [-0.2, -0.15) is 0 Å². The summed E-state index contributed by atoms with van der Waals surface area (Å²) in [5, 5.41) is 0. The Hall–Kier alpha value is -2.91. The number of rotatable bonds is 5. The lowest BCUT2D eigenvalue weighted by atomic mass is 10.0. The zero-order chi connectivity index (χ0) is 24.0. The van der Waals surface area contributed by atoms with E-state index in [2.05, 4.69) is 4.72 Å². The second-order valence-corrected chi connectivity index (χ2v) is 11.8. The molecule has 0 fully saturated rings. The Kier molecular flexibility index (Phi) is 5.96. The molecule has 3 aromatic rings. The van der Waals surface area contributed by atoms with Crippen LogP contribution in [0.25, 0.3) is 0 Å². The minimum atomic E-state index is -3.87. The molecule has 33 heavy (non-hydrogen) atoms. The molecule has 0 amide bonds. The van der Waals surface area contributed by atoms with Gasteiger partial charge in [0.25, 0.3) is 20.0 Å². The van der Waals surface area contributed by atoms with Crippen molar-refractivity contribution in [3.63, 3.8) is 0 Å². The lowest BCUT2D eigenvalue weighted by Gasteiger charge is -2.31. The van der Waals surface area contributed by atoms with Gasteiger partial charge >= 0.3 is 0 Å². The van der Waals surface area contributed by atoms with Crippen molar-refractivity contribution in [2.24, 2.45) is 0 Å². The standard InChI is InChI=1S/C24H25FN2O4S2/c1-16-13-18(3)24(14-17(16)2)32(28,29)26-21-8-11-23-19(15-21)5-4-12-27(23)33(30,31)22-9-6-20(25)7-10-22/h6-11,13-15,26H,4-5,12H2,1-3H3. The van der Waals surface area contributed by atoms with Crippen LogP contribution in [-0.4, -0.2) is 23.4 Å². The number of benzene rings is 3. The van der Waals surface area contributed by atoms with E-state index in [1.807, 2.05) is 19.9 Å². The molecule has 1 aliphatic rings. The van der Waals surface area contributed by atoms with Crippen LogP contribution in [0, 0.1) is 26.6 Å². The third-order valence-electron chi connectivity index (χ3n) is 5.89. The number of fused-ring (bicyclic) bond motifs is 1. The van der Waals surface area contributed by atoms with E-state index in [-0.39, 0.29) is 9.79 Å². The molecule has 4 rings (SSSR count). The summed E-state index contributed by atoms with van der Waals surface area (Å²) in [7, 11) is -7.69. The molecule has 174 valence electrons. The second-order valence-electron chi connectivity index (χ2n) is 8.29. The van der Waals surface area contributed by atoms with Crippen molar-refractivity contribution in [2.75, 3.05) is 15.6 Å². The van der Waals surface area contributed by atoms with Crippen molar-refractivity contribution in [3.05, 3.63) is 82.7 Å². The Morgan fingerprint density at radius 1 is 0.848 bits per heavy atom. The highest BCUT2D eigenvalue weighted by Gasteiger charge is 2.29. The third-order valence-corrected chi connectivity index (χ3v) is 9.24. The molecule has 0 aromatic heterocycles. The normalized spacial score (nSPS) is 14.1. The van der Waals surface area contributed by atoms with Gasteiger partial charge in [-0.15, -0.1) is 0 Å². The van der Waals surface area contributed by atoms with E-state index in [4.69, 9.17) is 0 Å². The Balaban J connectivity index is 1.66. The number of nitrogens with zero attached hydrogens (tertiary/aromatic N) is 1. The minimum Gasteiger partial charge on any atom is -0.280 e. The summed E-state index contributed by atoms with van der Waals surface area (Å²) < 4.78 is 69.6. The number of aryl methyl sites for hydroxylation is 4. The SMILES string of the molecule is Cc1cc(C)c(S(=O)(=O)Nc2ccc3c(c2)CCCN3S(=O)(=O)c2ccc(F)cc2)cc1C. The second kappa shape index (κ2) is 8.46. The van der Waals surface area contributed by atoms with E-state index in [0.717, 1.165) is 28.8 Å². The highest BCUT2D eigenvalue weighted by Crippen LogP contribution is 2.34. The molecule has 0 saturated carbocycles. The first-order chi connectivity index (χ1) is 15.5. The summed E-state index contributed by atoms with van der Waals surface area (Å²) in [6.07, 6.45) is 1.20. The predicted molar refractivity (Wildman–Crippen MR) is 127 cm³/mol. The number of nitrogens with one attached hydrogen (secondary N) is 1. The van der Waals surface area contributed by atoms with Gasteiger partial charge in [0, 0.05) is 12.2 Å². The van der Waals surface area contributed by atoms with Crippen molar-refractivity contribution in [3.8, 4) is 0 Å². The van der Waals surface area contributed by atoms with Crippen LogP contribution in [0.2, 0.25) is 0 Å². The van der Waals surface area contributed by atoms with Gasteiger partial charge in [0.1, 0.15) is 5.82 Å². The maximum Gasteiger partial charge on any atom is 0.264 e. The summed E-state index contributed by atoms with van der Waals surface area (Å²) in [6.45, 7) is 5.84. The molecule has 0 atom stereocenters. The van der Waals surface area contributed by atoms with Crippen LogP contribution in [0.5, 0.6) is 0 Å². The van der Waals surface area contributed by atoms with Crippen LogP contribution in [0.15, 0.2) is 64.4 Å². The molecule has 6 nitrogen and oxygen atoms in total. The van der Waals surface area contributed by atoms with Crippen LogP contribution in [0.4, 0.5) is 15.8 Å². The Morgan fingerprint density at radius 2 is 1.52 bits per heavy atom. The van der Waals surface area contributed by atoms with E-state index < -0.39 is 25.9 Å². The van der Waals surface area contributed by atoms with E-state index in [1.165, 1.54) is 16.4 Å². The van der Waals surface area contributed by atoms with Gasteiger partial charge in [0.15, 0.2) is 0 Å². The van der Waals surface area contributed by atoms with E-state index in [9.17, 15) is 21.2 Å². The van der Waals surface area contributed by atoms with Gasteiger partial charge in [-0.3, -0.25) is 9.03 Å². The monoisotopic (exact) mass is 488 g/mol. The highest BCUT2D eigenvalue weighted by molar-refractivity contribution is 7.93. The maximum absolute atomic E-state index is 13.3. The van der Waals surface area contributed by atoms with Crippen LogP contribution >= 0.6 is 0 Å². The number of halogens is 1. The predicted octanol–water partition coefficient (Wildman–Crippen LogP) is 4.69. The Morgan fingerprint density at radius 3 is 2.21 bits per heavy atom. The van der Waals surface area contributed by atoms with E-state index >= 15 is 0 Å². The summed E-state index contributed by atoms with van der Waals surface area (Å²) in [4.78, 5) is 0.218. The van der Waals surface area contributed by atoms with Crippen molar-refractivity contribution >= 4 is 31.4 Å². The van der Waals surface area contributed by atoms with Crippen LogP contribution in [0.3, 0.4) is 0 Å². The first-order valence-electron chi connectivity index (χ1n) is 10.5. The molecule has 1 N–H and O–H groups in total. The van der Waals surface area contributed by atoms with Crippen LogP contribution < -0.4 is 9.03 Å². The third kappa shape index (κ3) is 4.47. The molecule has 0 spiro atoms. The molecular weight excluding hydrogens is 463 g/mol. The zero-order valence-electron chi connectivity index (χ0n) is 18.6. The fraction of sp³-hybridized carbons (Fsp3) is 0.250. The van der Waals surface area contributed by atoms with Crippen LogP contribution in [0.1, 0.15) is 28.7 Å². The smallest absolute Gasteiger partial charge is 0.264 e. The molecule has 1 heterocycles. The first kappa shape index (κ1) is 23.3. The molecule has 0 aliphatic carbocycles. The molecule has 0 radical (unpaired) electrons. The number of hydrogen-bond acceptors (Lipinski definition) is 4. The van der Waals surface area contributed by atoms with Crippen molar-refractivity contribution < 1.29 is 21.2 Å². The van der Waals surface area contributed by atoms with Crippen molar-refractivity contribution in [2.45, 2.75) is 43.4 Å². The summed E-state index contributed by atoms with van der Waals surface area (Å²) in [5.74, 6) is -0.510. The number of sulfonamides is 2. The molecule has 0 unspecified atom stereocenters. The maximum atomic E-state index is 13.3. The minimum absolute atomic E-state index is 0.00625. The lowest BCUT2D eigenvalue weighted by molar-refractivity contribution is 0.585. The Bertz CT molecular complexity index is 1430. The fourth-order valence-electron chi connectivity index (χ4n) is 4.04. The van der Waals surface area contributed by atoms with Crippen molar-refractivity contribution in [1.82, 2.24) is 0 Å². The largest absolute Gasteiger partial charge is 0.280 e. The summed E-state index contributed by atoms with van der Waals surface area (Å²) >= 11 is 0. The van der Waals surface area contributed by atoms with Crippen LogP contribution in [-0.2, 0) is 26.5 Å². The van der Waals surface area contributed by atoms with Gasteiger partial charge in [-0.1, -0.05) is 6.07 Å². The average Bonchev–Trinajstić information content (AvgIpc) is 2.75. The zero-order valence-corrected chi connectivity index (χ0v) is 20.2. The van der Waals surface area contributed by atoms with E-state index in [1.54, 1.807) is 31.2 Å². The quantitative estimate of drug-likeness (QED) is 0.565. The Labute approximate surface area is 194 Å². The lowest BCUT2D eigenvalue weighted by Crippen LogP contribution is -2.35. The topological polar surface area (TPSA) is 83.6 Å². The van der Waals surface area contributed by atoms with Gasteiger partial charge in [-0.25, -0.2) is 21.2 Å². The summed E-state index contributed by atoms with van der Waals surface area (Å²) in [5.41, 5.74) is 4.14. The average molecular weight is 489 g/mol. The molecule has 3 aromatic carbocycles. The molecule has 0 bridgehead atoms. The summed E-state index contributed by atoms with van der Waals surface area (Å²) in [6, 6.07) is 13.1. The highest BCUT2D eigenvalue weighted by atomic mass is 32.2. The van der Waals surface area contributed by atoms with Gasteiger partial charge in [-0.05, 0) is 104 Å². The molecule has 1 aliphatic heterocycles. The van der Waals surface area contributed by atoms with Gasteiger partial charge in [0.05, 0.1) is 15.5 Å². The van der Waals surface area contributed by atoms with Gasteiger partial charge < -0.3 is 0 Å². The fourth-order valence-corrected chi connectivity index (χ4v) is 6.95. The molecular formula is C24H25FN2O4S2. The van der Waals surface area contributed by atoms with Crippen molar-refractivity contribution in [1.29, 1.82) is 0 Å². The molecule has 9 heteroatoms. The number of hydrogen-bond donors (Lipinski definition) is 1. The van der Waals surface area contributed by atoms with E-state index in [0.29, 0.717) is 36.3 Å². The van der Waals surface area contributed by atoms with Gasteiger partial charge in [0.2, 0.25) is 0 Å². The number of anilines is 2.